The summed E-state index contributed by atoms with van der Waals surface area (Å²) in [5.74, 6) is -0.471. The Hall–Kier alpha value is -2.74. The average molecular weight is 344 g/mol. The Labute approximate surface area is 139 Å². The van der Waals surface area contributed by atoms with Gasteiger partial charge in [0.1, 0.15) is 11.2 Å². The number of hydrogen-bond acceptors (Lipinski definition) is 6. The first-order chi connectivity index (χ1) is 11.3. The molecule has 3 aromatic rings. The van der Waals surface area contributed by atoms with E-state index < -0.39 is 15.3 Å². The maximum Gasteiger partial charge on any atom is 0.245 e. The van der Waals surface area contributed by atoms with Crippen molar-refractivity contribution in [3.8, 4) is 0 Å². The molecule has 0 atom stereocenters. The molecule has 0 aliphatic heterocycles. The van der Waals surface area contributed by atoms with E-state index in [1.807, 2.05) is 0 Å². The van der Waals surface area contributed by atoms with E-state index >= 15 is 0 Å². The first kappa shape index (κ1) is 16.1. The maximum absolute atomic E-state index is 12.5. The smallest absolute Gasteiger partial charge is 0.245 e. The highest BCUT2D eigenvalue weighted by atomic mass is 32.2. The van der Waals surface area contributed by atoms with Crippen molar-refractivity contribution in [3.05, 3.63) is 53.7 Å². The molecule has 124 valence electrons. The summed E-state index contributed by atoms with van der Waals surface area (Å²) < 4.78 is 25.9. The zero-order valence-corrected chi connectivity index (χ0v) is 14.0. The fraction of sp³-hybridized carbons (Fsp3) is 0.188. The summed E-state index contributed by atoms with van der Waals surface area (Å²) >= 11 is 0. The molecule has 3 rings (SSSR count). The molecule has 0 bridgehead atoms. The Morgan fingerprint density at radius 1 is 1.08 bits per heavy atom. The van der Waals surface area contributed by atoms with E-state index in [0.29, 0.717) is 11.1 Å². The Morgan fingerprint density at radius 3 is 2.38 bits per heavy atom. The monoisotopic (exact) mass is 344 g/mol. The summed E-state index contributed by atoms with van der Waals surface area (Å²) in [6.07, 6.45) is 0. The lowest BCUT2D eigenvalue weighted by Crippen LogP contribution is -2.24. The number of nitrogens with zero attached hydrogens (tertiary/aromatic N) is 3. The minimum absolute atomic E-state index is 0.0583. The molecule has 0 fully saturated rings. The van der Waals surface area contributed by atoms with Gasteiger partial charge >= 0.3 is 0 Å². The van der Waals surface area contributed by atoms with Gasteiger partial charge in [-0.2, -0.15) is 3.97 Å². The van der Waals surface area contributed by atoms with Gasteiger partial charge in [0.05, 0.1) is 5.25 Å². The van der Waals surface area contributed by atoms with Crippen LogP contribution in [-0.2, 0) is 10.0 Å². The zero-order valence-electron chi connectivity index (χ0n) is 13.2. The third-order valence-corrected chi connectivity index (χ3v) is 5.67. The lowest BCUT2D eigenvalue weighted by atomic mass is 10.1. The second kappa shape index (κ2) is 5.72. The molecule has 0 saturated heterocycles. The van der Waals surface area contributed by atoms with E-state index in [0.717, 1.165) is 3.97 Å². The number of rotatable bonds is 4. The van der Waals surface area contributed by atoms with Crippen molar-refractivity contribution in [2.45, 2.75) is 19.1 Å². The number of anilines is 1. The molecule has 0 amide bonds. The molecule has 0 unspecified atom stereocenters. The van der Waals surface area contributed by atoms with E-state index in [4.69, 9.17) is 5.73 Å². The van der Waals surface area contributed by atoms with Gasteiger partial charge in [0.2, 0.25) is 21.8 Å². The number of nitrogens with two attached hydrogens (primary N) is 1. The molecular formula is C16H16N4O3S. The molecule has 2 N–H and O–H groups in total. The van der Waals surface area contributed by atoms with E-state index in [-0.39, 0.29) is 23.1 Å². The summed E-state index contributed by atoms with van der Waals surface area (Å²) in [6, 6.07) is 11.7. The highest BCUT2D eigenvalue weighted by Crippen LogP contribution is 2.22. The lowest BCUT2D eigenvalue weighted by molar-refractivity contribution is 0.103. The number of hydrogen-bond donors (Lipinski definition) is 1. The third kappa shape index (κ3) is 2.54. The molecule has 7 nitrogen and oxygen atoms in total. The average Bonchev–Trinajstić information content (AvgIpc) is 2.90. The van der Waals surface area contributed by atoms with E-state index in [9.17, 15) is 13.2 Å². The van der Waals surface area contributed by atoms with Crippen LogP contribution in [0.5, 0.6) is 0 Å². The Morgan fingerprint density at radius 2 is 1.75 bits per heavy atom. The molecule has 0 radical (unpaired) electrons. The van der Waals surface area contributed by atoms with Crippen molar-refractivity contribution < 1.29 is 13.2 Å². The van der Waals surface area contributed by atoms with Crippen molar-refractivity contribution in [1.29, 1.82) is 0 Å². The first-order valence-electron chi connectivity index (χ1n) is 7.31. The van der Waals surface area contributed by atoms with E-state index in [1.165, 1.54) is 6.07 Å². The number of benzene rings is 1. The second-order valence-corrected chi connectivity index (χ2v) is 7.90. The van der Waals surface area contributed by atoms with Crippen molar-refractivity contribution in [2.24, 2.45) is 0 Å². The van der Waals surface area contributed by atoms with Gasteiger partial charge in [0.15, 0.2) is 5.65 Å². The van der Waals surface area contributed by atoms with Crippen molar-refractivity contribution in [1.82, 2.24) is 13.9 Å². The molecule has 0 saturated carbocycles. The van der Waals surface area contributed by atoms with E-state index in [2.05, 4.69) is 9.97 Å². The first-order valence-corrected chi connectivity index (χ1v) is 8.82. The number of ketones is 1. The number of imidazole rings is 1. The van der Waals surface area contributed by atoms with Crippen LogP contribution in [0, 0.1) is 0 Å². The van der Waals surface area contributed by atoms with E-state index in [1.54, 1.807) is 50.2 Å². The zero-order chi connectivity index (χ0) is 17.5. The van der Waals surface area contributed by atoms with Crippen LogP contribution in [-0.4, -0.2) is 33.4 Å². The summed E-state index contributed by atoms with van der Waals surface area (Å²) in [4.78, 5) is 20.8. The summed E-state index contributed by atoms with van der Waals surface area (Å²) in [5.41, 5.74) is 6.74. The van der Waals surface area contributed by atoms with Gasteiger partial charge in [-0.25, -0.2) is 18.4 Å². The fourth-order valence-electron chi connectivity index (χ4n) is 2.28. The maximum atomic E-state index is 12.5. The predicted octanol–water partition coefficient (Wildman–Crippen LogP) is 1.83. The van der Waals surface area contributed by atoms with Gasteiger partial charge < -0.3 is 5.73 Å². The number of carbonyl (C=O) groups is 1. The van der Waals surface area contributed by atoms with Crippen LogP contribution in [0.2, 0.25) is 0 Å². The van der Waals surface area contributed by atoms with Crippen molar-refractivity contribution in [2.75, 3.05) is 5.73 Å². The third-order valence-electron chi connectivity index (χ3n) is 3.61. The molecule has 0 spiro atoms. The normalized spacial score (nSPS) is 12.0. The second-order valence-electron chi connectivity index (χ2n) is 5.56. The van der Waals surface area contributed by atoms with Gasteiger partial charge in [-0.3, -0.25) is 4.79 Å². The Bertz CT molecular complexity index is 1020. The SMILES string of the molecule is CC(C)S(=O)(=O)n1c(N)nc2ccc(C(=O)c3ccccc3)nc21. The Balaban J connectivity index is 2.20. The van der Waals surface area contributed by atoms with Crippen molar-refractivity contribution in [3.63, 3.8) is 0 Å². The minimum Gasteiger partial charge on any atom is -0.368 e. The molecule has 8 heteroatoms. The van der Waals surface area contributed by atoms with Crippen LogP contribution in [0.3, 0.4) is 0 Å². The van der Waals surface area contributed by atoms with Crippen LogP contribution in [0.25, 0.3) is 11.2 Å². The molecular weight excluding hydrogens is 328 g/mol. The number of carbonyl (C=O) groups excluding carboxylic acids is 1. The van der Waals surface area contributed by atoms with Gasteiger partial charge in [0, 0.05) is 5.56 Å². The van der Waals surface area contributed by atoms with Crippen LogP contribution in [0.15, 0.2) is 42.5 Å². The lowest BCUT2D eigenvalue weighted by Gasteiger charge is -2.10. The van der Waals surface area contributed by atoms with Gasteiger partial charge in [-0.15, -0.1) is 0 Å². The summed E-state index contributed by atoms with van der Waals surface area (Å²) in [7, 11) is -3.74. The predicted molar refractivity (Wildman–Crippen MR) is 91.3 cm³/mol. The quantitative estimate of drug-likeness (QED) is 0.723. The molecule has 1 aromatic carbocycles. The van der Waals surface area contributed by atoms with Crippen molar-refractivity contribution >= 4 is 32.9 Å². The summed E-state index contributed by atoms with van der Waals surface area (Å²) in [6.45, 7) is 3.08. The molecule has 0 aliphatic rings. The molecule has 2 heterocycles. The number of nitrogen functional groups attached to an aromatic ring is 1. The summed E-state index contributed by atoms with van der Waals surface area (Å²) in [5, 5.41) is -0.701. The minimum atomic E-state index is -3.74. The molecule has 24 heavy (non-hydrogen) atoms. The van der Waals surface area contributed by atoms with Crippen LogP contribution in [0.4, 0.5) is 5.95 Å². The van der Waals surface area contributed by atoms with Crippen LogP contribution < -0.4 is 5.73 Å². The fourth-order valence-corrected chi connectivity index (χ4v) is 3.38. The van der Waals surface area contributed by atoms with Gasteiger partial charge in [-0.1, -0.05) is 30.3 Å². The highest BCUT2D eigenvalue weighted by molar-refractivity contribution is 7.90. The molecule has 0 aliphatic carbocycles. The largest absolute Gasteiger partial charge is 0.368 e. The number of pyridine rings is 1. The molecule has 2 aromatic heterocycles. The van der Waals surface area contributed by atoms with Crippen LogP contribution in [0.1, 0.15) is 29.9 Å². The number of aromatic nitrogens is 3. The van der Waals surface area contributed by atoms with Gasteiger partial charge in [0.25, 0.3) is 0 Å². The van der Waals surface area contributed by atoms with Gasteiger partial charge in [-0.05, 0) is 26.0 Å². The highest BCUT2D eigenvalue weighted by Gasteiger charge is 2.26. The van der Waals surface area contributed by atoms with Crippen LogP contribution >= 0.6 is 0 Å². The Kier molecular flexibility index (Phi) is 3.84. The number of fused-ring (bicyclic) bond motifs is 1. The topological polar surface area (TPSA) is 108 Å². The standard InChI is InChI=1S/C16H16N4O3S/c1-10(2)24(22,23)20-15-13(19-16(20)17)9-8-12(18-15)14(21)11-6-4-3-5-7-11/h3-10H,1-2H3,(H2,17,19).